The van der Waals surface area contributed by atoms with Crippen LogP contribution in [0.4, 0.5) is 26.7 Å². The summed E-state index contributed by atoms with van der Waals surface area (Å²) in [6, 6.07) is 0.639. The van der Waals surface area contributed by atoms with Crippen molar-refractivity contribution in [3.8, 4) is 0 Å². The maximum absolute atomic E-state index is 12.9. The van der Waals surface area contributed by atoms with Crippen LogP contribution in [0.5, 0.6) is 0 Å². The maximum atomic E-state index is 12.9. The van der Waals surface area contributed by atoms with Crippen LogP contribution in [0.3, 0.4) is 0 Å². The van der Waals surface area contributed by atoms with Crippen LogP contribution in [0.25, 0.3) is 0 Å². The lowest BCUT2D eigenvalue weighted by Gasteiger charge is -2.19. The largest absolute Gasteiger partial charge is 0.434 e. The molecule has 1 aliphatic heterocycles. The minimum Gasteiger partial charge on any atom is -0.434 e. The van der Waals surface area contributed by atoms with Gasteiger partial charge in [0, 0.05) is 0 Å². The number of carbonyl (C=O) groups is 1. The van der Waals surface area contributed by atoms with E-state index in [4.69, 9.17) is 0 Å². The summed E-state index contributed by atoms with van der Waals surface area (Å²) in [4.78, 5) is 10.8. The number of hydrogen-bond acceptors (Lipinski definition) is 2. The monoisotopic (exact) mass is 267 g/mol. The summed E-state index contributed by atoms with van der Waals surface area (Å²) in [5.74, 6) is -2.48. The van der Waals surface area contributed by atoms with Gasteiger partial charge in [0.15, 0.2) is 11.6 Å². The molecule has 0 aliphatic carbocycles. The Morgan fingerprint density at radius 2 is 1.83 bits per heavy atom. The van der Waals surface area contributed by atoms with Crippen LogP contribution in [0.15, 0.2) is 18.2 Å². The predicted octanol–water partition coefficient (Wildman–Crippen LogP) is 2.68. The molecule has 0 spiro atoms. The Hall–Kier alpha value is -1.86. The van der Waals surface area contributed by atoms with Crippen LogP contribution in [-0.4, -0.2) is 18.4 Å². The van der Waals surface area contributed by atoms with Gasteiger partial charge in [-0.05, 0) is 17.7 Å². The van der Waals surface area contributed by atoms with Gasteiger partial charge in [-0.2, -0.15) is 13.2 Å². The number of amides is 1. The highest BCUT2D eigenvalue weighted by Gasteiger charge is 2.53. The van der Waals surface area contributed by atoms with Gasteiger partial charge in [-0.1, -0.05) is 6.07 Å². The number of rotatable bonds is 1. The van der Waals surface area contributed by atoms with Gasteiger partial charge in [-0.3, -0.25) is 0 Å². The molecular weight excluding hydrogens is 261 g/mol. The van der Waals surface area contributed by atoms with E-state index in [1.807, 2.05) is 5.32 Å². The molecule has 1 aliphatic rings. The lowest BCUT2D eigenvalue weighted by Crippen LogP contribution is -2.35. The summed E-state index contributed by atoms with van der Waals surface area (Å²) < 4.78 is 67.4. The Labute approximate surface area is 97.5 Å². The fraction of sp³-hybridized carbons (Fsp3) is 0.300. The van der Waals surface area contributed by atoms with Crippen LogP contribution in [0.1, 0.15) is 11.6 Å². The molecule has 1 heterocycles. The van der Waals surface area contributed by atoms with E-state index < -0.39 is 36.0 Å². The fourth-order valence-corrected chi connectivity index (χ4v) is 1.64. The molecule has 1 unspecified atom stereocenters. The highest BCUT2D eigenvalue weighted by molar-refractivity contribution is 5.71. The van der Waals surface area contributed by atoms with Crippen LogP contribution in [0.2, 0.25) is 0 Å². The highest BCUT2D eigenvalue weighted by Crippen LogP contribution is 2.36. The number of alkyl halides is 3. The lowest BCUT2D eigenvalue weighted by molar-refractivity contribution is -0.200. The van der Waals surface area contributed by atoms with Gasteiger partial charge in [-0.25, -0.2) is 13.6 Å². The molecule has 0 bridgehead atoms. The zero-order valence-corrected chi connectivity index (χ0v) is 8.59. The van der Waals surface area contributed by atoms with Gasteiger partial charge in [0.2, 0.25) is 6.10 Å². The number of cyclic esters (lactones) is 1. The number of ether oxygens (including phenoxy) is 1. The first-order valence-corrected chi connectivity index (χ1v) is 4.78. The standard InChI is InChI=1S/C10H6F5NO2/c11-5-2-1-4(3-6(5)12)7-8(10(13,14)15)18-9(17)16-7/h1-3,7-8H,(H,16,17)/t7?,8-/m1/s1. The summed E-state index contributed by atoms with van der Waals surface area (Å²) in [6.45, 7) is 0. The van der Waals surface area contributed by atoms with Gasteiger partial charge in [0.25, 0.3) is 0 Å². The molecule has 8 heteroatoms. The minimum absolute atomic E-state index is 0.220. The Bertz CT molecular complexity index is 488. The second kappa shape index (κ2) is 4.11. The summed E-state index contributed by atoms with van der Waals surface area (Å²) in [6.07, 6.45) is -8.48. The SMILES string of the molecule is O=C1NC(c2ccc(F)c(F)c2)[C@H](C(F)(F)F)O1. The van der Waals surface area contributed by atoms with Crippen molar-refractivity contribution < 1.29 is 31.5 Å². The number of hydrogen-bond donors (Lipinski definition) is 1. The van der Waals surface area contributed by atoms with E-state index in [9.17, 15) is 26.7 Å². The van der Waals surface area contributed by atoms with Gasteiger partial charge in [0.05, 0.1) is 0 Å². The van der Waals surface area contributed by atoms with Crippen molar-refractivity contribution in [2.75, 3.05) is 0 Å². The van der Waals surface area contributed by atoms with E-state index in [1.165, 1.54) is 0 Å². The first kappa shape index (κ1) is 12.6. The zero-order chi connectivity index (χ0) is 13.5. The van der Waals surface area contributed by atoms with Gasteiger partial charge in [0.1, 0.15) is 6.04 Å². The van der Waals surface area contributed by atoms with Crippen LogP contribution < -0.4 is 5.32 Å². The molecule has 3 nitrogen and oxygen atoms in total. The molecule has 0 aromatic heterocycles. The molecular formula is C10H6F5NO2. The lowest BCUT2D eigenvalue weighted by atomic mass is 10.0. The molecule has 98 valence electrons. The minimum atomic E-state index is -4.80. The Kier molecular flexibility index (Phi) is 2.88. The normalized spacial score (nSPS) is 23.7. The van der Waals surface area contributed by atoms with Gasteiger partial charge in [-0.15, -0.1) is 0 Å². The van der Waals surface area contributed by atoms with Crippen LogP contribution >= 0.6 is 0 Å². The third-order valence-corrected chi connectivity index (χ3v) is 2.44. The van der Waals surface area contributed by atoms with Gasteiger partial charge < -0.3 is 10.1 Å². The Balaban J connectivity index is 2.36. The molecule has 1 fully saturated rings. The molecule has 2 atom stereocenters. The maximum Gasteiger partial charge on any atom is 0.428 e. The predicted molar refractivity (Wildman–Crippen MR) is 48.6 cm³/mol. The van der Waals surface area contributed by atoms with Crippen molar-refractivity contribution in [2.45, 2.75) is 18.3 Å². The molecule has 1 N–H and O–H groups in total. The third kappa shape index (κ3) is 2.22. The van der Waals surface area contributed by atoms with Gasteiger partial charge >= 0.3 is 12.3 Å². The summed E-state index contributed by atoms with van der Waals surface area (Å²) in [5, 5.41) is 1.90. The smallest absolute Gasteiger partial charge is 0.428 e. The average Bonchev–Trinajstić information content (AvgIpc) is 2.64. The number of alkyl carbamates (subject to hydrolysis) is 1. The number of benzene rings is 1. The Morgan fingerprint density at radius 1 is 1.17 bits per heavy atom. The van der Waals surface area contributed by atoms with E-state index in [1.54, 1.807) is 0 Å². The quantitative estimate of drug-likeness (QED) is 0.794. The second-order valence-electron chi connectivity index (χ2n) is 3.66. The van der Waals surface area contributed by atoms with E-state index in [2.05, 4.69) is 4.74 Å². The number of carbonyl (C=O) groups excluding carboxylic acids is 1. The fourth-order valence-electron chi connectivity index (χ4n) is 1.64. The van der Waals surface area contributed by atoms with E-state index >= 15 is 0 Å². The molecule has 1 aromatic carbocycles. The molecule has 0 radical (unpaired) electrons. The second-order valence-corrected chi connectivity index (χ2v) is 3.66. The number of halogens is 5. The van der Waals surface area contributed by atoms with Crippen molar-refractivity contribution in [2.24, 2.45) is 0 Å². The van der Waals surface area contributed by atoms with Crippen molar-refractivity contribution >= 4 is 6.09 Å². The molecule has 1 amide bonds. The molecule has 0 saturated carbocycles. The van der Waals surface area contributed by atoms with Crippen molar-refractivity contribution in [1.29, 1.82) is 0 Å². The summed E-state index contributed by atoms with van der Waals surface area (Å²) in [5.41, 5.74) is -0.220. The topological polar surface area (TPSA) is 38.3 Å². The first-order valence-electron chi connectivity index (χ1n) is 4.78. The van der Waals surface area contributed by atoms with Crippen molar-refractivity contribution in [1.82, 2.24) is 5.32 Å². The summed E-state index contributed by atoms with van der Waals surface area (Å²) >= 11 is 0. The van der Waals surface area contributed by atoms with E-state index in [0.717, 1.165) is 6.07 Å². The Morgan fingerprint density at radius 3 is 2.39 bits per heavy atom. The average molecular weight is 267 g/mol. The first-order chi connectivity index (χ1) is 8.29. The van der Waals surface area contributed by atoms with Crippen molar-refractivity contribution in [3.63, 3.8) is 0 Å². The van der Waals surface area contributed by atoms with E-state index in [-0.39, 0.29) is 5.56 Å². The highest BCUT2D eigenvalue weighted by atomic mass is 19.4. The zero-order valence-electron chi connectivity index (χ0n) is 8.59. The molecule has 1 saturated heterocycles. The van der Waals surface area contributed by atoms with E-state index in [0.29, 0.717) is 12.1 Å². The van der Waals surface area contributed by atoms with Crippen LogP contribution in [-0.2, 0) is 4.74 Å². The van der Waals surface area contributed by atoms with Crippen LogP contribution in [0, 0.1) is 11.6 Å². The molecule has 18 heavy (non-hydrogen) atoms. The molecule has 2 rings (SSSR count). The number of nitrogens with one attached hydrogen (secondary N) is 1. The molecule has 1 aromatic rings. The summed E-state index contributed by atoms with van der Waals surface area (Å²) in [7, 11) is 0. The third-order valence-electron chi connectivity index (χ3n) is 2.44. The van der Waals surface area contributed by atoms with Crippen molar-refractivity contribution in [3.05, 3.63) is 35.4 Å².